The first-order valence-electron chi connectivity index (χ1n) is 8.27. The zero-order valence-corrected chi connectivity index (χ0v) is 17.2. The molecule has 0 bridgehead atoms. The Labute approximate surface area is 177 Å². The normalized spacial score (nSPS) is 12.1. The van der Waals surface area contributed by atoms with Crippen LogP contribution in [-0.2, 0) is 15.6 Å². The largest absolute Gasteiger partial charge is 0.420 e. The second-order valence-electron chi connectivity index (χ2n) is 5.90. The summed E-state index contributed by atoms with van der Waals surface area (Å²) in [6, 6.07) is 13.2. The van der Waals surface area contributed by atoms with E-state index in [1.54, 1.807) is 36.4 Å². The van der Waals surface area contributed by atoms with Gasteiger partial charge in [-0.05, 0) is 54.1 Å². The van der Waals surface area contributed by atoms with Crippen LogP contribution in [0.4, 0.5) is 0 Å². The Bertz CT molecular complexity index is 1170. The Balaban J connectivity index is 1.63. The number of sulfone groups is 1. The molecule has 148 valence electrons. The highest BCUT2D eigenvalue weighted by atomic mass is 35.5. The summed E-state index contributed by atoms with van der Waals surface area (Å²) in [6.45, 7) is 0. The van der Waals surface area contributed by atoms with Crippen molar-refractivity contribution in [2.24, 2.45) is 0 Å². The van der Waals surface area contributed by atoms with E-state index in [9.17, 15) is 13.2 Å². The average molecular weight is 449 g/mol. The van der Waals surface area contributed by atoms with Crippen LogP contribution in [0.3, 0.4) is 0 Å². The zero-order valence-electron chi connectivity index (χ0n) is 14.8. The molecular weight excluding hydrogens is 435 g/mol. The Hall–Kier alpha value is -2.74. The number of aromatic nitrogens is 2. The summed E-state index contributed by atoms with van der Waals surface area (Å²) in [6.07, 6.45) is 4.27. The Morgan fingerprint density at radius 1 is 0.931 bits per heavy atom. The van der Waals surface area contributed by atoms with Crippen LogP contribution in [-0.4, -0.2) is 24.4 Å². The molecule has 0 aliphatic rings. The second-order valence-corrected chi connectivity index (χ2v) is 8.66. The SMILES string of the molecule is O=C(C=CS(=O)(=O)Cc1nnc(C=Cc2ccc(Cl)cc2)o1)c1ccc(Cl)cc1. The number of carbonyl (C=O) groups excluding carboxylic acids is 1. The molecule has 9 heteroatoms. The van der Waals surface area contributed by atoms with Crippen LogP contribution in [0.5, 0.6) is 0 Å². The van der Waals surface area contributed by atoms with E-state index in [2.05, 4.69) is 10.2 Å². The molecule has 0 radical (unpaired) electrons. The van der Waals surface area contributed by atoms with Crippen LogP contribution >= 0.6 is 23.2 Å². The third kappa shape index (κ3) is 6.39. The monoisotopic (exact) mass is 448 g/mol. The lowest BCUT2D eigenvalue weighted by molar-refractivity contribution is 0.104. The summed E-state index contributed by atoms with van der Waals surface area (Å²) in [5.74, 6) is -0.891. The number of carbonyl (C=O) groups is 1. The first-order valence-corrected chi connectivity index (χ1v) is 10.7. The van der Waals surface area contributed by atoms with Gasteiger partial charge >= 0.3 is 0 Å². The van der Waals surface area contributed by atoms with Crippen LogP contribution in [0, 0.1) is 0 Å². The minimum atomic E-state index is -3.77. The van der Waals surface area contributed by atoms with Gasteiger partial charge < -0.3 is 4.42 Å². The molecular formula is C20H14Cl2N2O4S. The van der Waals surface area contributed by atoms with Gasteiger partial charge in [0.1, 0.15) is 5.75 Å². The van der Waals surface area contributed by atoms with E-state index in [0.29, 0.717) is 15.6 Å². The number of allylic oxidation sites excluding steroid dienone is 1. The van der Waals surface area contributed by atoms with E-state index < -0.39 is 21.4 Å². The van der Waals surface area contributed by atoms with Crippen molar-refractivity contribution in [3.8, 4) is 0 Å². The molecule has 0 spiro atoms. The number of hydrogen-bond donors (Lipinski definition) is 0. The molecule has 0 N–H and O–H groups in total. The van der Waals surface area contributed by atoms with Gasteiger partial charge in [-0.2, -0.15) is 0 Å². The fraction of sp³-hybridized carbons (Fsp3) is 0.0500. The number of rotatable bonds is 7. The third-order valence-electron chi connectivity index (χ3n) is 3.65. The predicted molar refractivity (Wildman–Crippen MR) is 112 cm³/mol. The topological polar surface area (TPSA) is 90.1 Å². The third-order valence-corrected chi connectivity index (χ3v) is 5.36. The molecule has 3 rings (SSSR count). The van der Waals surface area contributed by atoms with Crippen molar-refractivity contribution in [1.82, 2.24) is 10.2 Å². The lowest BCUT2D eigenvalue weighted by atomic mass is 10.1. The van der Waals surface area contributed by atoms with Crippen LogP contribution in [0.1, 0.15) is 27.7 Å². The highest BCUT2D eigenvalue weighted by Crippen LogP contribution is 2.14. The van der Waals surface area contributed by atoms with E-state index in [4.69, 9.17) is 27.6 Å². The van der Waals surface area contributed by atoms with Crippen molar-refractivity contribution < 1.29 is 17.6 Å². The van der Waals surface area contributed by atoms with Gasteiger partial charge in [-0.3, -0.25) is 4.79 Å². The van der Waals surface area contributed by atoms with Crippen molar-refractivity contribution >= 4 is 51.0 Å². The van der Waals surface area contributed by atoms with Crippen molar-refractivity contribution in [3.05, 3.63) is 93.0 Å². The Morgan fingerprint density at radius 2 is 1.55 bits per heavy atom. The fourth-order valence-electron chi connectivity index (χ4n) is 2.23. The predicted octanol–water partition coefficient (Wildman–Crippen LogP) is 4.86. The van der Waals surface area contributed by atoms with Crippen molar-refractivity contribution in [2.45, 2.75) is 5.75 Å². The molecule has 0 amide bonds. The van der Waals surface area contributed by atoms with Gasteiger partial charge in [0.2, 0.25) is 11.8 Å². The smallest absolute Gasteiger partial charge is 0.240 e. The summed E-state index contributed by atoms with van der Waals surface area (Å²) < 4.78 is 29.7. The summed E-state index contributed by atoms with van der Waals surface area (Å²) in [5, 5.41) is 9.44. The summed E-state index contributed by atoms with van der Waals surface area (Å²) in [7, 11) is -3.77. The molecule has 29 heavy (non-hydrogen) atoms. The maximum Gasteiger partial charge on any atom is 0.240 e. The highest BCUT2D eigenvalue weighted by Gasteiger charge is 2.14. The summed E-state index contributed by atoms with van der Waals surface area (Å²) in [4.78, 5) is 12.0. The van der Waals surface area contributed by atoms with Crippen LogP contribution in [0.25, 0.3) is 12.2 Å². The molecule has 0 fully saturated rings. The van der Waals surface area contributed by atoms with Crippen LogP contribution in [0.15, 0.2) is 64.4 Å². The number of hydrogen-bond acceptors (Lipinski definition) is 6. The number of nitrogens with zero attached hydrogens (tertiary/aromatic N) is 2. The van der Waals surface area contributed by atoms with E-state index in [0.717, 1.165) is 17.0 Å². The lowest BCUT2D eigenvalue weighted by Gasteiger charge is -1.96. The minimum Gasteiger partial charge on any atom is -0.420 e. The van der Waals surface area contributed by atoms with Gasteiger partial charge in [0.15, 0.2) is 15.6 Å². The van der Waals surface area contributed by atoms with Crippen LogP contribution < -0.4 is 0 Å². The molecule has 2 aromatic carbocycles. The van der Waals surface area contributed by atoms with Gasteiger partial charge in [-0.15, -0.1) is 10.2 Å². The van der Waals surface area contributed by atoms with E-state index in [1.807, 2.05) is 12.1 Å². The number of benzene rings is 2. The molecule has 0 atom stereocenters. The molecule has 0 unspecified atom stereocenters. The molecule has 0 aliphatic carbocycles. The van der Waals surface area contributed by atoms with Gasteiger partial charge in [0, 0.05) is 27.1 Å². The van der Waals surface area contributed by atoms with Gasteiger partial charge in [0.05, 0.1) is 0 Å². The standard InChI is InChI=1S/C20H14Cl2N2O4S/c21-16-6-1-14(2-7-16)3-10-19-23-24-20(28-19)13-29(26,27)12-11-18(25)15-4-8-17(22)9-5-15/h1-12H,13H2. The zero-order chi connectivity index (χ0) is 20.9. The van der Waals surface area contributed by atoms with E-state index in [1.165, 1.54) is 12.1 Å². The summed E-state index contributed by atoms with van der Waals surface area (Å²) in [5.41, 5.74) is 1.19. The fourth-order valence-corrected chi connectivity index (χ4v) is 3.37. The second kappa shape index (κ2) is 9.17. The summed E-state index contributed by atoms with van der Waals surface area (Å²) >= 11 is 11.6. The first-order chi connectivity index (χ1) is 13.8. The highest BCUT2D eigenvalue weighted by molar-refractivity contribution is 7.93. The average Bonchev–Trinajstić information content (AvgIpc) is 3.13. The maximum absolute atomic E-state index is 12.2. The molecule has 0 saturated heterocycles. The lowest BCUT2D eigenvalue weighted by Crippen LogP contribution is -2.02. The molecule has 6 nitrogen and oxygen atoms in total. The first kappa shape index (κ1) is 21.0. The van der Waals surface area contributed by atoms with E-state index >= 15 is 0 Å². The molecule has 3 aromatic rings. The van der Waals surface area contributed by atoms with Gasteiger partial charge in [0.25, 0.3) is 0 Å². The maximum atomic E-state index is 12.2. The quantitative estimate of drug-likeness (QED) is 0.378. The molecule has 1 heterocycles. The number of halogens is 2. The Kier molecular flexibility index (Phi) is 6.64. The van der Waals surface area contributed by atoms with Crippen molar-refractivity contribution in [2.75, 3.05) is 0 Å². The molecule has 1 aromatic heterocycles. The Morgan fingerprint density at radius 3 is 2.21 bits per heavy atom. The minimum absolute atomic E-state index is 0.0793. The van der Waals surface area contributed by atoms with Gasteiger partial charge in [-0.25, -0.2) is 8.42 Å². The van der Waals surface area contributed by atoms with Crippen molar-refractivity contribution in [1.29, 1.82) is 0 Å². The van der Waals surface area contributed by atoms with Gasteiger partial charge in [-0.1, -0.05) is 35.3 Å². The molecule has 0 saturated carbocycles. The van der Waals surface area contributed by atoms with Crippen molar-refractivity contribution in [3.63, 3.8) is 0 Å². The van der Waals surface area contributed by atoms with E-state index in [-0.39, 0.29) is 11.8 Å². The van der Waals surface area contributed by atoms with Crippen LogP contribution in [0.2, 0.25) is 10.0 Å². The number of ketones is 1. The molecule has 0 aliphatic heterocycles.